The Labute approximate surface area is 122 Å². The van der Waals surface area contributed by atoms with Gasteiger partial charge in [-0.25, -0.2) is 4.79 Å². The third-order valence-electron chi connectivity index (χ3n) is 3.53. The Morgan fingerprint density at radius 2 is 2.05 bits per heavy atom. The van der Waals surface area contributed by atoms with Gasteiger partial charge in [-0.05, 0) is 24.3 Å². The molecule has 0 bridgehead atoms. The molecule has 0 aromatic heterocycles. The fraction of sp³-hybridized carbons (Fsp3) is 0.188. The molecule has 108 valence electrons. The summed E-state index contributed by atoms with van der Waals surface area (Å²) in [5, 5.41) is 12.7. The number of esters is 1. The molecular formula is C16H15NO4. The number of phenols is 1. The molecule has 0 radical (unpaired) electrons. The number of carbonyl (C=O) groups excluding carboxylic acids is 1. The minimum absolute atomic E-state index is 0.0918. The van der Waals surface area contributed by atoms with E-state index >= 15 is 0 Å². The second-order valence-corrected chi connectivity index (χ2v) is 4.86. The maximum absolute atomic E-state index is 12.4. The quantitative estimate of drug-likeness (QED) is 0.847. The number of benzene rings is 2. The minimum Gasteiger partial charge on any atom is -0.508 e. The van der Waals surface area contributed by atoms with Gasteiger partial charge in [0.25, 0.3) is 0 Å². The van der Waals surface area contributed by atoms with Gasteiger partial charge in [0, 0.05) is 17.3 Å². The van der Waals surface area contributed by atoms with Crippen LogP contribution in [0.15, 0.2) is 48.5 Å². The van der Waals surface area contributed by atoms with Crippen LogP contribution in [0.5, 0.6) is 11.5 Å². The molecule has 2 aromatic rings. The van der Waals surface area contributed by atoms with Crippen LogP contribution in [0.25, 0.3) is 0 Å². The van der Waals surface area contributed by atoms with Crippen molar-refractivity contribution < 1.29 is 19.4 Å². The monoisotopic (exact) mass is 285 g/mol. The first-order valence-corrected chi connectivity index (χ1v) is 6.54. The van der Waals surface area contributed by atoms with E-state index in [-0.39, 0.29) is 12.4 Å². The fourth-order valence-electron chi connectivity index (χ4n) is 2.51. The molecule has 3 rings (SSSR count). The standard InChI is InChI=1S/C16H15NO4/c1-20-15(19)16(17-11-5-3-2-4-6-11)10-21-14-9-12(18)7-8-13(14)16/h2-9,17-18H,10H2,1H3. The maximum Gasteiger partial charge on any atom is 0.340 e. The van der Waals surface area contributed by atoms with E-state index in [0.717, 1.165) is 5.69 Å². The van der Waals surface area contributed by atoms with E-state index in [0.29, 0.717) is 11.3 Å². The average molecular weight is 285 g/mol. The number of carbonyl (C=O) groups is 1. The van der Waals surface area contributed by atoms with Gasteiger partial charge < -0.3 is 19.9 Å². The van der Waals surface area contributed by atoms with Crippen LogP contribution in [0.4, 0.5) is 5.69 Å². The summed E-state index contributed by atoms with van der Waals surface area (Å²) >= 11 is 0. The molecule has 1 unspecified atom stereocenters. The van der Waals surface area contributed by atoms with Gasteiger partial charge in [-0.3, -0.25) is 0 Å². The summed E-state index contributed by atoms with van der Waals surface area (Å²) in [5.41, 5.74) is 0.322. The number of ether oxygens (including phenoxy) is 2. The molecule has 1 atom stereocenters. The number of para-hydroxylation sites is 1. The van der Waals surface area contributed by atoms with Crippen LogP contribution in [-0.2, 0) is 15.1 Å². The summed E-state index contributed by atoms with van der Waals surface area (Å²) in [6.45, 7) is 0.105. The molecule has 0 fully saturated rings. The lowest BCUT2D eigenvalue weighted by atomic mass is 9.91. The van der Waals surface area contributed by atoms with E-state index in [2.05, 4.69) is 5.32 Å². The molecular weight excluding hydrogens is 270 g/mol. The lowest BCUT2D eigenvalue weighted by Gasteiger charge is -2.27. The number of aromatic hydroxyl groups is 1. The van der Waals surface area contributed by atoms with Crippen molar-refractivity contribution in [3.05, 3.63) is 54.1 Å². The summed E-state index contributed by atoms with van der Waals surface area (Å²) in [7, 11) is 1.34. The van der Waals surface area contributed by atoms with Gasteiger partial charge in [0.15, 0.2) is 5.54 Å². The highest BCUT2D eigenvalue weighted by Crippen LogP contribution is 2.41. The van der Waals surface area contributed by atoms with Gasteiger partial charge in [-0.15, -0.1) is 0 Å². The number of rotatable bonds is 3. The van der Waals surface area contributed by atoms with Crippen molar-refractivity contribution in [2.24, 2.45) is 0 Å². The van der Waals surface area contributed by atoms with E-state index in [1.54, 1.807) is 6.07 Å². The first-order chi connectivity index (χ1) is 10.2. The third-order valence-corrected chi connectivity index (χ3v) is 3.53. The summed E-state index contributed by atoms with van der Waals surface area (Å²) in [6.07, 6.45) is 0. The molecule has 2 aromatic carbocycles. The van der Waals surface area contributed by atoms with Crippen LogP contribution in [-0.4, -0.2) is 24.8 Å². The van der Waals surface area contributed by atoms with Crippen molar-refractivity contribution >= 4 is 11.7 Å². The Morgan fingerprint density at radius 3 is 2.76 bits per heavy atom. The summed E-state index contributed by atoms with van der Waals surface area (Å²) in [5.74, 6) is 0.133. The summed E-state index contributed by atoms with van der Waals surface area (Å²) in [4.78, 5) is 12.4. The van der Waals surface area contributed by atoms with Crippen molar-refractivity contribution in [2.75, 3.05) is 19.0 Å². The van der Waals surface area contributed by atoms with Gasteiger partial charge in [-0.2, -0.15) is 0 Å². The molecule has 0 aliphatic carbocycles. The molecule has 0 amide bonds. The number of phenolic OH excluding ortho intramolecular Hbond substituents is 1. The highest BCUT2D eigenvalue weighted by atomic mass is 16.5. The molecule has 0 saturated heterocycles. The smallest absolute Gasteiger partial charge is 0.340 e. The van der Waals surface area contributed by atoms with E-state index in [9.17, 15) is 9.90 Å². The van der Waals surface area contributed by atoms with Crippen molar-refractivity contribution in [2.45, 2.75) is 5.54 Å². The zero-order valence-electron chi connectivity index (χ0n) is 11.5. The normalized spacial score (nSPS) is 19.5. The molecule has 1 aliphatic rings. The highest BCUT2D eigenvalue weighted by molar-refractivity contribution is 5.88. The largest absolute Gasteiger partial charge is 0.508 e. The van der Waals surface area contributed by atoms with Crippen LogP contribution in [0.2, 0.25) is 0 Å². The van der Waals surface area contributed by atoms with E-state index < -0.39 is 11.5 Å². The molecule has 0 saturated carbocycles. The molecule has 5 heteroatoms. The number of fused-ring (bicyclic) bond motifs is 1. The molecule has 1 aliphatic heterocycles. The SMILES string of the molecule is COC(=O)C1(Nc2ccccc2)COc2cc(O)ccc21. The van der Waals surface area contributed by atoms with E-state index in [1.807, 2.05) is 30.3 Å². The number of anilines is 1. The van der Waals surface area contributed by atoms with Gasteiger partial charge in [0.05, 0.1) is 7.11 Å². The predicted molar refractivity (Wildman–Crippen MR) is 77.4 cm³/mol. The number of nitrogens with one attached hydrogen (secondary N) is 1. The highest BCUT2D eigenvalue weighted by Gasteiger charge is 2.49. The lowest BCUT2D eigenvalue weighted by molar-refractivity contribution is -0.146. The molecule has 0 spiro atoms. The Kier molecular flexibility index (Phi) is 3.17. The number of hydrogen-bond acceptors (Lipinski definition) is 5. The number of methoxy groups -OCH3 is 1. The first kappa shape index (κ1) is 13.3. The minimum atomic E-state index is -1.11. The fourth-order valence-corrected chi connectivity index (χ4v) is 2.51. The van der Waals surface area contributed by atoms with E-state index in [1.165, 1.54) is 19.2 Å². The molecule has 2 N–H and O–H groups in total. The van der Waals surface area contributed by atoms with Crippen LogP contribution in [0.1, 0.15) is 5.56 Å². The summed E-state index contributed by atoms with van der Waals surface area (Å²) in [6, 6.07) is 14.1. The van der Waals surface area contributed by atoms with Gasteiger partial charge >= 0.3 is 5.97 Å². The van der Waals surface area contributed by atoms with E-state index in [4.69, 9.17) is 9.47 Å². The van der Waals surface area contributed by atoms with Crippen LogP contribution in [0, 0.1) is 0 Å². The Balaban J connectivity index is 2.07. The average Bonchev–Trinajstić information content (AvgIpc) is 2.86. The Morgan fingerprint density at radius 1 is 1.29 bits per heavy atom. The molecule has 1 heterocycles. The Bertz CT molecular complexity index is 671. The topological polar surface area (TPSA) is 67.8 Å². The Hall–Kier alpha value is -2.69. The van der Waals surface area contributed by atoms with Crippen molar-refractivity contribution in [3.63, 3.8) is 0 Å². The second-order valence-electron chi connectivity index (χ2n) is 4.86. The number of hydrogen-bond donors (Lipinski definition) is 2. The first-order valence-electron chi connectivity index (χ1n) is 6.54. The van der Waals surface area contributed by atoms with Crippen LogP contribution >= 0.6 is 0 Å². The third kappa shape index (κ3) is 2.16. The van der Waals surface area contributed by atoms with Gasteiger partial charge in [0.2, 0.25) is 0 Å². The molecule has 5 nitrogen and oxygen atoms in total. The van der Waals surface area contributed by atoms with Crippen molar-refractivity contribution in [1.82, 2.24) is 0 Å². The van der Waals surface area contributed by atoms with Gasteiger partial charge in [-0.1, -0.05) is 18.2 Å². The van der Waals surface area contributed by atoms with Crippen molar-refractivity contribution in [3.8, 4) is 11.5 Å². The zero-order valence-corrected chi connectivity index (χ0v) is 11.5. The predicted octanol–water partition coefficient (Wildman–Crippen LogP) is 2.26. The molecule has 21 heavy (non-hydrogen) atoms. The van der Waals surface area contributed by atoms with Crippen LogP contribution < -0.4 is 10.1 Å². The summed E-state index contributed by atoms with van der Waals surface area (Å²) < 4.78 is 10.5. The van der Waals surface area contributed by atoms with Gasteiger partial charge in [0.1, 0.15) is 18.1 Å². The van der Waals surface area contributed by atoms with Crippen molar-refractivity contribution in [1.29, 1.82) is 0 Å². The maximum atomic E-state index is 12.4. The lowest BCUT2D eigenvalue weighted by Crippen LogP contribution is -2.45. The zero-order chi connectivity index (χ0) is 14.9. The van der Waals surface area contributed by atoms with Crippen LogP contribution in [0.3, 0.4) is 0 Å². The second kappa shape index (κ2) is 5.01.